The molecule has 0 amide bonds. The molecule has 2 aromatic carbocycles. The van der Waals surface area contributed by atoms with Gasteiger partial charge in [0.15, 0.2) is 6.61 Å². The molecule has 32 heavy (non-hydrogen) atoms. The van der Waals surface area contributed by atoms with Gasteiger partial charge in [-0.25, -0.2) is 13.2 Å². The van der Waals surface area contributed by atoms with Gasteiger partial charge in [0.25, 0.3) is 5.69 Å². The Bertz CT molecular complexity index is 1040. The highest BCUT2D eigenvalue weighted by Gasteiger charge is 2.24. The zero-order valence-corrected chi connectivity index (χ0v) is 19.5. The Labute approximate surface area is 191 Å². The van der Waals surface area contributed by atoms with E-state index in [1.54, 1.807) is 17.8 Å². The number of benzene rings is 2. The standard InChI is InChI=1S/C21H26N2O7S2/c1-3-11-22(32(28,29)19-8-5-17(6-9-19)23(26)27)12-4-13-31-18-7-10-20(16(2)14-18)30-15-21(24)25/h5-10,14H,3-4,11-13,15H2,1-2H3,(H,24,25). The van der Waals surface area contributed by atoms with E-state index in [1.807, 2.05) is 26.0 Å². The highest BCUT2D eigenvalue weighted by molar-refractivity contribution is 7.99. The van der Waals surface area contributed by atoms with Crippen LogP contribution in [0.15, 0.2) is 52.3 Å². The SMILES string of the molecule is CCCN(CCCSc1ccc(OCC(=O)O)c(C)c1)S(=O)(=O)c1ccc([N+](=O)[O-])cc1. The van der Waals surface area contributed by atoms with Crippen molar-refractivity contribution in [3.8, 4) is 5.75 Å². The molecule has 0 saturated heterocycles. The molecule has 0 saturated carbocycles. The molecule has 0 spiro atoms. The van der Waals surface area contributed by atoms with Gasteiger partial charge in [-0.05, 0) is 61.4 Å². The van der Waals surface area contributed by atoms with Gasteiger partial charge in [0.2, 0.25) is 10.0 Å². The Balaban J connectivity index is 1.95. The molecule has 0 bridgehead atoms. The van der Waals surface area contributed by atoms with Crippen LogP contribution in [0.25, 0.3) is 0 Å². The van der Waals surface area contributed by atoms with Gasteiger partial charge in [0.1, 0.15) is 5.75 Å². The van der Waals surface area contributed by atoms with Gasteiger partial charge in [-0.3, -0.25) is 10.1 Å². The van der Waals surface area contributed by atoms with E-state index in [2.05, 4.69) is 0 Å². The molecule has 0 aliphatic rings. The number of thioether (sulfide) groups is 1. The summed E-state index contributed by atoms with van der Waals surface area (Å²) in [5.41, 5.74) is 0.668. The van der Waals surface area contributed by atoms with Crippen LogP contribution in [0.3, 0.4) is 0 Å². The van der Waals surface area contributed by atoms with Crippen LogP contribution in [-0.4, -0.2) is 54.2 Å². The second-order valence-corrected chi connectivity index (χ2v) is 10.1. The number of non-ortho nitro benzene ring substituents is 1. The minimum atomic E-state index is -3.74. The number of aryl methyl sites for hydroxylation is 1. The minimum Gasteiger partial charge on any atom is -0.482 e. The first-order chi connectivity index (χ1) is 15.1. The Morgan fingerprint density at radius 1 is 1.19 bits per heavy atom. The lowest BCUT2D eigenvalue weighted by Gasteiger charge is -2.21. The monoisotopic (exact) mass is 482 g/mol. The van der Waals surface area contributed by atoms with Gasteiger partial charge in [-0.15, -0.1) is 11.8 Å². The predicted octanol–water partition coefficient (Wildman–Crippen LogP) is 3.95. The molecule has 2 rings (SSSR count). The van der Waals surface area contributed by atoms with Crippen LogP contribution >= 0.6 is 11.8 Å². The molecule has 0 aliphatic carbocycles. The molecule has 0 atom stereocenters. The number of hydrogen-bond acceptors (Lipinski definition) is 7. The fourth-order valence-electron chi connectivity index (χ4n) is 2.93. The predicted molar refractivity (Wildman–Crippen MR) is 122 cm³/mol. The number of nitro groups is 1. The summed E-state index contributed by atoms with van der Waals surface area (Å²) in [5, 5.41) is 19.5. The highest BCUT2D eigenvalue weighted by atomic mass is 32.2. The molecule has 174 valence electrons. The van der Waals surface area contributed by atoms with Gasteiger partial charge in [-0.2, -0.15) is 4.31 Å². The third-order valence-corrected chi connectivity index (χ3v) is 7.47. The van der Waals surface area contributed by atoms with E-state index in [9.17, 15) is 23.3 Å². The first-order valence-electron chi connectivity index (χ1n) is 9.97. The fraction of sp³-hybridized carbons (Fsp3) is 0.381. The maximum absolute atomic E-state index is 13.0. The van der Waals surface area contributed by atoms with E-state index in [0.29, 0.717) is 37.4 Å². The average molecular weight is 483 g/mol. The molecule has 0 aliphatic heterocycles. The topological polar surface area (TPSA) is 127 Å². The van der Waals surface area contributed by atoms with Crippen LogP contribution < -0.4 is 4.74 Å². The van der Waals surface area contributed by atoms with E-state index in [4.69, 9.17) is 9.84 Å². The summed E-state index contributed by atoms with van der Waals surface area (Å²) >= 11 is 1.57. The van der Waals surface area contributed by atoms with Gasteiger partial charge in [0, 0.05) is 30.1 Å². The summed E-state index contributed by atoms with van der Waals surface area (Å²) < 4.78 is 32.5. The molecule has 0 unspecified atom stereocenters. The van der Waals surface area contributed by atoms with Crippen molar-refractivity contribution in [3.63, 3.8) is 0 Å². The van der Waals surface area contributed by atoms with E-state index in [1.165, 1.54) is 28.6 Å². The minimum absolute atomic E-state index is 0.0387. The molecular formula is C21H26N2O7S2. The number of sulfonamides is 1. The Morgan fingerprint density at radius 3 is 2.44 bits per heavy atom. The lowest BCUT2D eigenvalue weighted by molar-refractivity contribution is -0.384. The molecule has 11 heteroatoms. The van der Waals surface area contributed by atoms with Gasteiger partial charge >= 0.3 is 5.97 Å². The van der Waals surface area contributed by atoms with E-state index in [0.717, 1.165) is 10.5 Å². The molecule has 0 aromatic heterocycles. The summed E-state index contributed by atoms with van der Waals surface area (Å²) in [6.45, 7) is 4.02. The van der Waals surface area contributed by atoms with Crippen molar-refractivity contribution in [3.05, 3.63) is 58.1 Å². The molecule has 1 N–H and O–H groups in total. The van der Waals surface area contributed by atoms with Crippen LogP contribution in [0.2, 0.25) is 0 Å². The summed E-state index contributed by atoms with van der Waals surface area (Å²) in [5.74, 6) is 0.160. The van der Waals surface area contributed by atoms with Gasteiger partial charge < -0.3 is 9.84 Å². The van der Waals surface area contributed by atoms with Crippen molar-refractivity contribution in [1.29, 1.82) is 0 Å². The summed E-state index contributed by atoms with van der Waals surface area (Å²) in [4.78, 5) is 21.9. The zero-order valence-electron chi connectivity index (χ0n) is 17.9. The second kappa shape index (κ2) is 11.8. The number of hydrogen-bond donors (Lipinski definition) is 1. The van der Waals surface area contributed by atoms with Crippen molar-refractivity contribution in [2.75, 3.05) is 25.4 Å². The number of carbonyl (C=O) groups is 1. The van der Waals surface area contributed by atoms with Crippen LogP contribution in [0, 0.1) is 17.0 Å². The summed E-state index contributed by atoms with van der Waals surface area (Å²) in [6.07, 6.45) is 1.27. The normalized spacial score (nSPS) is 11.5. The zero-order chi connectivity index (χ0) is 23.7. The number of nitrogens with zero attached hydrogens (tertiary/aromatic N) is 2. The molecule has 0 heterocycles. The molecular weight excluding hydrogens is 456 g/mol. The fourth-order valence-corrected chi connectivity index (χ4v) is 5.44. The number of ether oxygens (including phenoxy) is 1. The Kier molecular flexibility index (Phi) is 9.48. The maximum atomic E-state index is 13.0. The lowest BCUT2D eigenvalue weighted by atomic mass is 10.2. The van der Waals surface area contributed by atoms with Crippen molar-refractivity contribution >= 4 is 33.4 Å². The summed E-state index contributed by atoms with van der Waals surface area (Å²) in [6, 6.07) is 10.4. The lowest BCUT2D eigenvalue weighted by Crippen LogP contribution is -2.33. The van der Waals surface area contributed by atoms with Crippen molar-refractivity contribution < 1.29 is 28.0 Å². The first kappa shape index (κ1) is 25.6. The van der Waals surface area contributed by atoms with E-state index >= 15 is 0 Å². The van der Waals surface area contributed by atoms with E-state index < -0.39 is 27.5 Å². The number of aliphatic carboxylic acids is 1. The van der Waals surface area contributed by atoms with Crippen LogP contribution in [0.5, 0.6) is 5.75 Å². The van der Waals surface area contributed by atoms with Crippen LogP contribution in [0.1, 0.15) is 25.3 Å². The molecule has 0 radical (unpaired) electrons. The number of carboxylic acid groups (broad SMARTS) is 1. The van der Waals surface area contributed by atoms with Gasteiger partial charge in [0.05, 0.1) is 9.82 Å². The van der Waals surface area contributed by atoms with Crippen molar-refractivity contribution in [2.45, 2.75) is 36.5 Å². The quantitative estimate of drug-likeness (QED) is 0.197. The molecule has 9 nitrogen and oxygen atoms in total. The Hall–Kier alpha value is -2.63. The van der Waals surface area contributed by atoms with E-state index in [-0.39, 0.29) is 10.6 Å². The van der Waals surface area contributed by atoms with Gasteiger partial charge in [-0.1, -0.05) is 6.92 Å². The number of rotatable bonds is 13. The van der Waals surface area contributed by atoms with Crippen LogP contribution in [0.4, 0.5) is 5.69 Å². The average Bonchev–Trinajstić information content (AvgIpc) is 2.75. The Morgan fingerprint density at radius 2 is 1.88 bits per heavy atom. The number of nitro benzene ring substituents is 1. The smallest absolute Gasteiger partial charge is 0.341 e. The largest absolute Gasteiger partial charge is 0.482 e. The highest BCUT2D eigenvalue weighted by Crippen LogP contribution is 2.27. The third-order valence-electron chi connectivity index (χ3n) is 4.48. The summed E-state index contributed by atoms with van der Waals surface area (Å²) in [7, 11) is -3.74. The number of carboxylic acids is 1. The first-order valence-corrected chi connectivity index (χ1v) is 12.4. The molecule has 0 fully saturated rings. The third kappa shape index (κ3) is 7.21. The van der Waals surface area contributed by atoms with Crippen molar-refractivity contribution in [2.24, 2.45) is 0 Å². The van der Waals surface area contributed by atoms with Crippen molar-refractivity contribution in [1.82, 2.24) is 4.31 Å². The van der Waals surface area contributed by atoms with Crippen LogP contribution in [-0.2, 0) is 14.8 Å². The second-order valence-electron chi connectivity index (χ2n) is 6.97. The molecule has 2 aromatic rings. The maximum Gasteiger partial charge on any atom is 0.341 e.